The molecule has 0 radical (unpaired) electrons. The molecule has 1 aliphatic carbocycles. The van der Waals surface area contributed by atoms with Crippen molar-refractivity contribution in [2.75, 3.05) is 36.4 Å². The number of aromatic nitrogens is 2. The average molecular weight is 945 g/mol. The number of halogens is 4. The third-order valence-electron chi connectivity index (χ3n) is 11.1. The molecule has 4 aliphatic rings. The highest BCUT2D eigenvalue weighted by molar-refractivity contribution is 9.10. The summed E-state index contributed by atoms with van der Waals surface area (Å²) in [6.45, 7) is 9.91. The summed E-state index contributed by atoms with van der Waals surface area (Å²) in [6.07, 6.45) is 11.1. The van der Waals surface area contributed by atoms with Gasteiger partial charge < -0.3 is 26.0 Å². The molecule has 1 saturated heterocycles. The van der Waals surface area contributed by atoms with E-state index in [0.29, 0.717) is 23.4 Å². The van der Waals surface area contributed by atoms with Crippen molar-refractivity contribution in [3.05, 3.63) is 115 Å². The maximum Gasteiger partial charge on any atom is 0.410 e. The van der Waals surface area contributed by atoms with Crippen molar-refractivity contribution in [1.82, 2.24) is 20.2 Å². The Hall–Kier alpha value is -3.42. The van der Waals surface area contributed by atoms with Gasteiger partial charge in [-0.1, -0.05) is 74.3 Å². The second kappa shape index (κ2) is 18.7. The molecule has 304 valence electrons. The van der Waals surface area contributed by atoms with Gasteiger partial charge in [0.05, 0.1) is 0 Å². The summed E-state index contributed by atoms with van der Waals surface area (Å²) < 4.78 is 7.67. The Morgan fingerprint density at radius 2 is 1.46 bits per heavy atom. The number of nitrogens with two attached hydrogens (primary N) is 1. The quantitative estimate of drug-likeness (QED) is 0.175. The van der Waals surface area contributed by atoms with Gasteiger partial charge in [0.1, 0.15) is 15.9 Å². The summed E-state index contributed by atoms with van der Waals surface area (Å²) in [7, 11) is 0. The first-order valence-corrected chi connectivity index (χ1v) is 21.8. The smallest absolute Gasteiger partial charge is 0.410 e. The molecule has 0 unspecified atom stereocenters. The zero-order chi connectivity index (χ0) is 40.8. The predicted molar refractivity (Wildman–Crippen MR) is 236 cm³/mol. The number of piperidine rings is 1. The molecule has 4 aromatic rings. The summed E-state index contributed by atoms with van der Waals surface area (Å²) in [5.74, 6) is 0. The topological polar surface area (TPSA) is 126 Å². The molecule has 10 nitrogen and oxygen atoms in total. The van der Waals surface area contributed by atoms with Crippen LogP contribution in [0, 0.1) is 0 Å². The fourth-order valence-corrected chi connectivity index (χ4v) is 9.35. The number of anilines is 2. The highest BCUT2D eigenvalue weighted by Crippen LogP contribution is 2.50. The van der Waals surface area contributed by atoms with Crippen molar-refractivity contribution < 1.29 is 14.3 Å². The Labute approximate surface area is 362 Å². The molecular weight excluding hydrogens is 893 g/mol. The number of urea groups is 1. The monoisotopic (exact) mass is 941 g/mol. The van der Waals surface area contributed by atoms with Gasteiger partial charge in [-0.25, -0.2) is 19.6 Å². The second-order valence-corrected chi connectivity index (χ2v) is 18.8. The highest BCUT2D eigenvalue weighted by Gasteiger charge is 2.45. The third kappa shape index (κ3) is 10.8. The fourth-order valence-electron chi connectivity index (χ4n) is 8.23. The molecule has 2 fully saturated rings. The van der Waals surface area contributed by atoms with Crippen LogP contribution in [-0.4, -0.2) is 58.8 Å². The van der Waals surface area contributed by atoms with Crippen molar-refractivity contribution in [2.45, 2.75) is 95.2 Å². The molecule has 2 aromatic carbocycles. The molecule has 2 aromatic heterocycles. The van der Waals surface area contributed by atoms with E-state index in [1.54, 1.807) is 24.5 Å². The van der Waals surface area contributed by atoms with E-state index in [1.807, 2.05) is 48.8 Å². The van der Waals surface area contributed by atoms with Crippen LogP contribution < -0.4 is 21.3 Å². The van der Waals surface area contributed by atoms with Gasteiger partial charge in [-0.15, -0.1) is 0 Å². The Bertz CT molecular complexity index is 2050. The van der Waals surface area contributed by atoms with Crippen molar-refractivity contribution in [3.63, 3.8) is 0 Å². The van der Waals surface area contributed by atoms with Crippen LogP contribution in [0.1, 0.15) is 88.0 Å². The minimum Gasteiger partial charge on any atom is -0.444 e. The molecular formula is C43H51Br2Cl2N7O3. The molecule has 0 bridgehead atoms. The van der Waals surface area contributed by atoms with Gasteiger partial charge in [-0.3, -0.25) is 4.90 Å². The lowest BCUT2D eigenvalue weighted by atomic mass is 9.71. The molecule has 4 N–H and O–H groups in total. The standard InChI is InChI=1S/C20H21BrClN3O.C17H23BrN2O2.C6H7ClN2/c21-15-4-5-17-16(11-15)20(7-2-1-3-8-20)13-25(17)19(26)24-12-14-6-9-23-18(22)10-14;1-16(2,3)22-15(21)20-8-6-17(7-9-20)11-19-14-5-4-12(18)10-13(14)17;7-6-3-5(4-8)1-2-9-6/h4-6,9-11H,1-3,7-8,12-13H2,(H,24,26);4-5,10,19H,6-9,11H2,1-3H3;1-3H,4,8H2. The van der Waals surface area contributed by atoms with Gasteiger partial charge in [-0.2, -0.15) is 0 Å². The number of nitrogens with one attached hydrogen (secondary N) is 2. The number of rotatable bonds is 3. The first-order chi connectivity index (χ1) is 27.2. The molecule has 3 aliphatic heterocycles. The van der Waals surface area contributed by atoms with Crippen LogP contribution in [-0.2, 0) is 28.7 Å². The van der Waals surface area contributed by atoms with E-state index in [2.05, 4.69) is 82.8 Å². The second-order valence-electron chi connectivity index (χ2n) is 16.2. The molecule has 8 rings (SSSR count). The number of likely N-dealkylation sites (tertiary alicyclic amines) is 1. The largest absolute Gasteiger partial charge is 0.444 e. The first kappa shape index (κ1) is 43.2. The molecule has 5 heterocycles. The number of carbonyl (C=O) groups excluding carboxylic acids is 2. The molecule has 14 heteroatoms. The van der Waals surface area contributed by atoms with E-state index in [1.165, 1.54) is 36.1 Å². The highest BCUT2D eigenvalue weighted by atomic mass is 79.9. The average Bonchev–Trinajstić information content (AvgIpc) is 3.68. The van der Waals surface area contributed by atoms with Crippen LogP contribution in [0.5, 0.6) is 0 Å². The number of amides is 3. The fraction of sp³-hybridized carbons (Fsp3) is 0.442. The molecule has 2 spiro atoms. The molecule has 57 heavy (non-hydrogen) atoms. The van der Waals surface area contributed by atoms with Crippen molar-refractivity contribution in [1.29, 1.82) is 0 Å². The molecule has 0 atom stereocenters. The number of hydrogen-bond donors (Lipinski definition) is 3. The number of carbonyl (C=O) groups is 2. The Morgan fingerprint density at radius 3 is 2.07 bits per heavy atom. The summed E-state index contributed by atoms with van der Waals surface area (Å²) in [5.41, 5.74) is 12.1. The molecule has 3 amide bonds. The van der Waals surface area contributed by atoms with Gasteiger partial charge in [0, 0.05) is 82.8 Å². The lowest BCUT2D eigenvalue weighted by Gasteiger charge is -2.39. The van der Waals surface area contributed by atoms with Crippen LogP contribution in [0.25, 0.3) is 0 Å². The summed E-state index contributed by atoms with van der Waals surface area (Å²) in [4.78, 5) is 36.7. The van der Waals surface area contributed by atoms with E-state index >= 15 is 0 Å². The minimum absolute atomic E-state index is 0.0519. The van der Waals surface area contributed by atoms with E-state index in [0.717, 1.165) is 77.6 Å². The zero-order valence-electron chi connectivity index (χ0n) is 32.7. The van der Waals surface area contributed by atoms with Gasteiger partial charge >= 0.3 is 12.1 Å². The van der Waals surface area contributed by atoms with Gasteiger partial charge in [0.2, 0.25) is 0 Å². The van der Waals surface area contributed by atoms with E-state index in [4.69, 9.17) is 33.7 Å². The minimum atomic E-state index is -0.432. The normalized spacial score (nSPS) is 17.3. The van der Waals surface area contributed by atoms with Gasteiger partial charge in [-0.05, 0) is 129 Å². The van der Waals surface area contributed by atoms with E-state index in [-0.39, 0.29) is 23.0 Å². The zero-order valence-corrected chi connectivity index (χ0v) is 37.4. The van der Waals surface area contributed by atoms with Crippen LogP contribution in [0.2, 0.25) is 10.3 Å². The number of fused-ring (bicyclic) bond motifs is 4. The SMILES string of the molecule is CC(C)(C)OC(=O)N1CCC2(CC1)CNc1ccc(Br)cc12.NCc1ccnc(Cl)c1.O=C(NCc1ccnc(Cl)c1)N1CC2(CCCCC2)c2cc(Br)ccc21. The van der Waals surface area contributed by atoms with Crippen molar-refractivity contribution in [2.24, 2.45) is 5.73 Å². The Kier molecular flexibility index (Phi) is 14.1. The number of nitrogens with zero attached hydrogens (tertiary/aromatic N) is 4. The first-order valence-electron chi connectivity index (χ1n) is 19.5. The van der Waals surface area contributed by atoms with Crippen LogP contribution in [0.3, 0.4) is 0 Å². The van der Waals surface area contributed by atoms with Crippen LogP contribution in [0.15, 0.2) is 82.0 Å². The van der Waals surface area contributed by atoms with Crippen LogP contribution in [0.4, 0.5) is 21.0 Å². The maximum absolute atomic E-state index is 12.9. The van der Waals surface area contributed by atoms with Crippen LogP contribution >= 0.6 is 55.1 Å². The number of hydrogen-bond acceptors (Lipinski definition) is 7. The van der Waals surface area contributed by atoms with Crippen molar-refractivity contribution >= 4 is 78.6 Å². The number of pyridine rings is 2. The lowest BCUT2D eigenvalue weighted by Crippen LogP contribution is -2.47. The number of ether oxygens (including phenoxy) is 1. The predicted octanol–water partition coefficient (Wildman–Crippen LogP) is 10.8. The van der Waals surface area contributed by atoms with Crippen molar-refractivity contribution in [3.8, 4) is 0 Å². The van der Waals surface area contributed by atoms with E-state index < -0.39 is 5.60 Å². The van der Waals surface area contributed by atoms with Gasteiger partial charge in [0.15, 0.2) is 0 Å². The number of benzene rings is 2. The summed E-state index contributed by atoms with van der Waals surface area (Å²) in [5, 5.41) is 7.49. The maximum atomic E-state index is 12.9. The molecule has 1 saturated carbocycles. The van der Waals surface area contributed by atoms with Gasteiger partial charge in [0.25, 0.3) is 0 Å². The third-order valence-corrected chi connectivity index (χ3v) is 12.5. The lowest BCUT2D eigenvalue weighted by molar-refractivity contribution is 0.0172. The van der Waals surface area contributed by atoms with E-state index in [9.17, 15) is 9.59 Å². The Balaban J connectivity index is 0.000000160. The summed E-state index contributed by atoms with van der Waals surface area (Å²) in [6, 6.07) is 19.9. The Morgan fingerprint density at radius 1 is 0.842 bits per heavy atom. The summed E-state index contributed by atoms with van der Waals surface area (Å²) >= 11 is 18.7.